The molecule has 0 radical (unpaired) electrons. The van der Waals surface area contributed by atoms with Crippen molar-refractivity contribution in [3.05, 3.63) is 48.3 Å². The van der Waals surface area contributed by atoms with E-state index in [9.17, 15) is 0 Å². The zero-order valence-electron chi connectivity index (χ0n) is 9.33. The van der Waals surface area contributed by atoms with Crippen LogP contribution in [0.2, 0.25) is 0 Å². The Morgan fingerprint density at radius 1 is 0.882 bits per heavy atom. The molecule has 82 valence electrons. The molecule has 0 spiro atoms. The molecule has 0 N–H and O–H groups in total. The van der Waals surface area contributed by atoms with Gasteiger partial charge in [-0.3, -0.25) is 4.98 Å². The number of fused-ring (bicyclic) bond motifs is 1. The second-order valence-corrected chi connectivity index (χ2v) is 3.80. The van der Waals surface area contributed by atoms with Crippen molar-refractivity contribution in [2.24, 2.45) is 0 Å². The van der Waals surface area contributed by atoms with E-state index in [0.29, 0.717) is 0 Å². The van der Waals surface area contributed by atoms with Crippen molar-refractivity contribution < 1.29 is 0 Å². The lowest BCUT2D eigenvalue weighted by Gasteiger charge is -2.01. The first-order chi connectivity index (χ1) is 8.33. The number of aromatic nitrogens is 4. The Bertz CT molecular complexity index is 665. The standard InChI is InChI=1S/C13H10N4/c1-9-8-13-12(17-16-9)6-5-11(15-13)10-4-2-3-7-14-10/h2-8H,1H3. The average Bonchev–Trinajstić information content (AvgIpc) is 2.39. The monoisotopic (exact) mass is 222 g/mol. The molecular weight excluding hydrogens is 212 g/mol. The molecule has 17 heavy (non-hydrogen) atoms. The Morgan fingerprint density at radius 3 is 2.65 bits per heavy atom. The lowest BCUT2D eigenvalue weighted by atomic mass is 10.2. The summed E-state index contributed by atoms with van der Waals surface area (Å²) >= 11 is 0. The molecule has 0 amide bonds. The third-order valence-electron chi connectivity index (χ3n) is 2.49. The summed E-state index contributed by atoms with van der Waals surface area (Å²) in [5.74, 6) is 0. The summed E-state index contributed by atoms with van der Waals surface area (Å²) in [6, 6.07) is 11.5. The van der Waals surface area contributed by atoms with Crippen LogP contribution in [-0.4, -0.2) is 20.2 Å². The predicted molar refractivity (Wildman–Crippen MR) is 65.3 cm³/mol. The molecule has 0 atom stereocenters. The van der Waals surface area contributed by atoms with E-state index < -0.39 is 0 Å². The average molecular weight is 222 g/mol. The fraction of sp³-hybridized carbons (Fsp3) is 0.0769. The largest absolute Gasteiger partial charge is 0.255 e. The van der Waals surface area contributed by atoms with Crippen LogP contribution in [0.25, 0.3) is 22.4 Å². The summed E-state index contributed by atoms with van der Waals surface area (Å²) in [4.78, 5) is 8.82. The van der Waals surface area contributed by atoms with Crippen LogP contribution in [0.3, 0.4) is 0 Å². The molecular formula is C13H10N4. The molecule has 0 fully saturated rings. The van der Waals surface area contributed by atoms with E-state index in [1.807, 2.05) is 43.3 Å². The van der Waals surface area contributed by atoms with Crippen LogP contribution >= 0.6 is 0 Å². The quantitative estimate of drug-likeness (QED) is 0.634. The van der Waals surface area contributed by atoms with E-state index in [1.54, 1.807) is 6.20 Å². The Balaban J connectivity index is 2.19. The SMILES string of the molecule is Cc1cc2nc(-c3ccccn3)ccc2nn1. The summed E-state index contributed by atoms with van der Waals surface area (Å²) in [6.45, 7) is 1.90. The van der Waals surface area contributed by atoms with Gasteiger partial charge in [-0.15, -0.1) is 5.10 Å². The maximum Gasteiger partial charge on any atom is 0.111 e. The van der Waals surface area contributed by atoms with Crippen LogP contribution in [0.1, 0.15) is 5.69 Å². The highest BCUT2D eigenvalue weighted by Crippen LogP contribution is 2.17. The Hall–Kier alpha value is -2.36. The molecule has 0 saturated carbocycles. The normalized spacial score (nSPS) is 10.6. The van der Waals surface area contributed by atoms with Crippen molar-refractivity contribution in [2.75, 3.05) is 0 Å². The van der Waals surface area contributed by atoms with Gasteiger partial charge in [0.25, 0.3) is 0 Å². The number of rotatable bonds is 1. The molecule has 0 saturated heterocycles. The van der Waals surface area contributed by atoms with Crippen LogP contribution in [0.4, 0.5) is 0 Å². The molecule has 3 rings (SSSR count). The molecule has 0 unspecified atom stereocenters. The molecule has 3 aromatic rings. The van der Waals surface area contributed by atoms with Crippen molar-refractivity contribution in [2.45, 2.75) is 6.92 Å². The van der Waals surface area contributed by atoms with Gasteiger partial charge in [-0.2, -0.15) is 5.10 Å². The van der Waals surface area contributed by atoms with Gasteiger partial charge < -0.3 is 0 Å². The van der Waals surface area contributed by atoms with Gasteiger partial charge in [0.1, 0.15) is 5.52 Å². The van der Waals surface area contributed by atoms with Gasteiger partial charge in [-0.1, -0.05) is 6.07 Å². The van der Waals surface area contributed by atoms with Gasteiger partial charge in [-0.05, 0) is 37.3 Å². The number of hydrogen-bond donors (Lipinski definition) is 0. The Kier molecular flexibility index (Phi) is 2.26. The van der Waals surface area contributed by atoms with Crippen LogP contribution in [0.15, 0.2) is 42.6 Å². The Morgan fingerprint density at radius 2 is 1.82 bits per heavy atom. The zero-order valence-corrected chi connectivity index (χ0v) is 9.33. The summed E-state index contributed by atoms with van der Waals surface area (Å²) in [5, 5.41) is 8.09. The van der Waals surface area contributed by atoms with E-state index >= 15 is 0 Å². The summed E-state index contributed by atoms with van der Waals surface area (Å²) < 4.78 is 0. The number of nitrogens with zero attached hydrogens (tertiary/aromatic N) is 4. The van der Waals surface area contributed by atoms with Gasteiger partial charge in [0.15, 0.2) is 0 Å². The van der Waals surface area contributed by atoms with Crippen LogP contribution in [-0.2, 0) is 0 Å². The van der Waals surface area contributed by atoms with E-state index in [-0.39, 0.29) is 0 Å². The first-order valence-electron chi connectivity index (χ1n) is 5.35. The molecule has 0 aliphatic rings. The highest BCUT2D eigenvalue weighted by molar-refractivity contribution is 5.76. The maximum absolute atomic E-state index is 4.54. The van der Waals surface area contributed by atoms with Crippen LogP contribution < -0.4 is 0 Å². The minimum absolute atomic E-state index is 0.801. The van der Waals surface area contributed by atoms with Gasteiger partial charge in [0.05, 0.1) is 22.6 Å². The van der Waals surface area contributed by atoms with E-state index in [0.717, 1.165) is 28.1 Å². The molecule has 4 heteroatoms. The van der Waals surface area contributed by atoms with Crippen molar-refractivity contribution in [3.8, 4) is 11.4 Å². The number of pyridine rings is 2. The first-order valence-corrected chi connectivity index (χ1v) is 5.35. The van der Waals surface area contributed by atoms with Gasteiger partial charge >= 0.3 is 0 Å². The molecule has 3 heterocycles. The molecule has 0 aliphatic heterocycles. The molecule has 0 bridgehead atoms. The molecule has 0 aliphatic carbocycles. The fourth-order valence-electron chi connectivity index (χ4n) is 1.67. The second kappa shape index (κ2) is 3.90. The summed E-state index contributed by atoms with van der Waals surface area (Å²) in [6.07, 6.45) is 1.76. The number of aryl methyl sites for hydroxylation is 1. The highest BCUT2D eigenvalue weighted by Gasteiger charge is 2.03. The molecule has 3 aromatic heterocycles. The second-order valence-electron chi connectivity index (χ2n) is 3.80. The zero-order chi connectivity index (χ0) is 11.7. The number of hydrogen-bond acceptors (Lipinski definition) is 4. The lowest BCUT2D eigenvalue weighted by Crippen LogP contribution is -1.92. The van der Waals surface area contributed by atoms with Gasteiger partial charge in [-0.25, -0.2) is 4.98 Å². The van der Waals surface area contributed by atoms with E-state index in [2.05, 4.69) is 20.2 Å². The Labute approximate surface area is 98.4 Å². The minimum atomic E-state index is 0.801. The van der Waals surface area contributed by atoms with Crippen LogP contribution in [0.5, 0.6) is 0 Å². The molecule has 4 nitrogen and oxygen atoms in total. The minimum Gasteiger partial charge on any atom is -0.255 e. The summed E-state index contributed by atoms with van der Waals surface area (Å²) in [5.41, 5.74) is 4.23. The fourth-order valence-corrected chi connectivity index (χ4v) is 1.67. The van der Waals surface area contributed by atoms with Crippen molar-refractivity contribution in [3.63, 3.8) is 0 Å². The molecule has 0 aromatic carbocycles. The lowest BCUT2D eigenvalue weighted by molar-refractivity contribution is 1.01. The van der Waals surface area contributed by atoms with Crippen molar-refractivity contribution in [1.82, 2.24) is 20.2 Å². The van der Waals surface area contributed by atoms with Crippen molar-refractivity contribution in [1.29, 1.82) is 0 Å². The van der Waals surface area contributed by atoms with Crippen molar-refractivity contribution >= 4 is 11.0 Å². The van der Waals surface area contributed by atoms with E-state index in [4.69, 9.17) is 0 Å². The smallest absolute Gasteiger partial charge is 0.111 e. The van der Waals surface area contributed by atoms with Gasteiger partial charge in [0, 0.05) is 6.20 Å². The summed E-state index contributed by atoms with van der Waals surface area (Å²) in [7, 11) is 0. The first kappa shape index (κ1) is 9.84. The topological polar surface area (TPSA) is 51.6 Å². The third kappa shape index (κ3) is 1.85. The van der Waals surface area contributed by atoms with E-state index in [1.165, 1.54) is 0 Å². The third-order valence-corrected chi connectivity index (χ3v) is 2.49. The maximum atomic E-state index is 4.54. The highest BCUT2D eigenvalue weighted by atomic mass is 15.1. The van der Waals surface area contributed by atoms with Crippen LogP contribution in [0, 0.1) is 6.92 Å². The van der Waals surface area contributed by atoms with Gasteiger partial charge in [0.2, 0.25) is 0 Å². The predicted octanol–water partition coefficient (Wildman–Crippen LogP) is 2.40.